The average Bonchev–Trinajstić information content (AvgIpc) is 3.01. The summed E-state index contributed by atoms with van der Waals surface area (Å²) in [7, 11) is 0. The summed E-state index contributed by atoms with van der Waals surface area (Å²) in [6.45, 7) is 4.79. The van der Waals surface area contributed by atoms with E-state index in [1.165, 1.54) is 12.8 Å². The smallest absolute Gasteiger partial charge is 0.240 e. The number of allylic oxidation sites excluding steroid dienone is 2. The molecular weight excluding hydrogens is 214 g/mol. The van der Waals surface area contributed by atoms with Gasteiger partial charge in [-0.15, -0.1) is 0 Å². The number of aryl methyl sites for hydroxylation is 1. The zero-order valence-corrected chi connectivity index (χ0v) is 10.4. The summed E-state index contributed by atoms with van der Waals surface area (Å²) in [5.74, 6) is 3.78. The topological polar surface area (TPSA) is 51.0 Å². The highest BCUT2D eigenvalue weighted by Gasteiger charge is 2.38. The molecule has 1 aromatic rings. The van der Waals surface area contributed by atoms with Crippen LogP contribution in [0.4, 0.5) is 0 Å². The van der Waals surface area contributed by atoms with Crippen molar-refractivity contribution in [3.8, 4) is 0 Å². The highest BCUT2D eigenvalue weighted by molar-refractivity contribution is 5.11. The molecule has 1 aromatic heterocycles. The molecule has 2 bridgehead atoms. The van der Waals surface area contributed by atoms with Crippen LogP contribution in [0.1, 0.15) is 31.5 Å². The molecule has 4 heteroatoms. The van der Waals surface area contributed by atoms with Crippen LogP contribution in [0.25, 0.3) is 0 Å². The van der Waals surface area contributed by atoms with Gasteiger partial charge >= 0.3 is 0 Å². The van der Waals surface area contributed by atoms with E-state index in [0.29, 0.717) is 24.3 Å². The SMILES string of the molecule is Cc1noc(CNC(C)C2CC3C=CC2C3)n1. The van der Waals surface area contributed by atoms with Crippen molar-refractivity contribution < 1.29 is 4.52 Å². The van der Waals surface area contributed by atoms with E-state index in [4.69, 9.17) is 4.52 Å². The lowest BCUT2D eigenvalue weighted by Gasteiger charge is -2.25. The highest BCUT2D eigenvalue weighted by Crippen LogP contribution is 2.44. The van der Waals surface area contributed by atoms with Gasteiger partial charge in [0.2, 0.25) is 5.89 Å². The zero-order chi connectivity index (χ0) is 11.8. The lowest BCUT2D eigenvalue weighted by molar-refractivity contribution is 0.301. The van der Waals surface area contributed by atoms with Gasteiger partial charge in [0.05, 0.1) is 6.54 Å². The summed E-state index contributed by atoms with van der Waals surface area (Å²) in [6, 6.07) is 0.516. The minimum atomic E-state index is 0.516. The Balaban J connectivity index is 1.54. The second-order valence-corrected chi connectivity index (χ2v) is 5.35. The van der Waals surface area contributed by atoms with Crippen LogP contribution >= 0.6 is 0 Å². The van der Waals surface area contributed by atoms with Crippen molar-refractivity contribution in [3.63, 3.8) is 0 Å². The Morgan fingerprint density at radius 1 is 1.47 bits per heavy atom. The Kier molecular flexibility index (Phi) is 2.74. The maximum Gasteiger partial charge on any atom is 0.240 e. The molecule has 2 aliphatic rings. The summed E-state index contributed by atoms with van der Waals surface area (Å²) in [5, 5.41) is 7.30. The molecule has 2 aliphatic carbocycles. The molecule has 3 rings (SSSR count). The number of rotatable bonds is 4. The minimum absolute atomic E-state index is 0.516. The fourth-order valence-corrected chi connectivity index (χ4v) is 3.21. The van der Waals surface area contributed by atoms with Gasteiger partial charge < -0.3 is 9.84 Å². The van der Waals surface area contributed by atoms with Crippen molar-refractivity contribution in [2.45, 2.75) is 39.3 Å². The molecule has 0 aromatic carbocycles. The van der Waals surface area contributed by atoms with Crippen molar-refractivity contribution in [1.29, 1.82) is 0 Å². The fourth-order valence-electron chi connectivity index (χ4n) is 3.21. The van der Waals surface area contributed by atoms with Gasteiger partial charge in [-0.05, 0) is 44.4 Å². The molecule has 0 aliphatic heterocycles. The molecule has 1 fully saturated rings. The van der Waals surface area contributed by atoms with E-state index in [-0.39, 0.29) is 0 Å². The van der Waals surface area contributed by atoms with Crippen LogP contribution in [0.3, 0.4) is 0 Å². The fraction of sp³-hybridized carbons (Fsp3) is 0.692. The van der Waals surface area contributed by atoms with Gasteiger partial charge in [0.25, 0.3) is 0 Å². The molecule has 0 spiro atoms. The largest absolute Gasteiger partial charge is 0.338 e. The molecule has 4 nitrogen and oxygen atoms in total. The van der Waals surface area contributed by atoms with Gasteiger partial charge in [-0.2, -0.15) is 4.98 Å². The molecule has 0 amide bonds. The molecule has 92 valence electrons. The number of hydrogen-bond donors (Lipinski definition) is 1. The van der Waals surface area contributed by atoms with Gasteiger partial charge in [-0.1, -0.05) is 17.3 Å². The zero-order valence-electron chi connectivity index (χ0n) is 10.4. The second-order valence-electron chi connectivity index (χ2n) is 5.35. The molecule has 4 unspecified atom stereocenters. The third-order valence-electron chi connectivity index (χ3n) is 4.12. The van der Waals surface area contributed by atoms with Crippen LogP contribution in [0.2, 0.25) is 0 Å². The number of hydrogen-bond acceptors (Lipinski definition) is 4. The third-order valence-corrected chi connectivity index (χ3v) is 4.12. The quantitative estimate of drug-likeness (QED) is 0.809. The van der Waals surface area contributed by atoms with Crippen molar-refractivity contribution in [1.82, 2.24) is 15.5 Å². The summed E-state index contributed by atoms with van der Waals surface area (Å²) < 4.78 is 5.10. The molecular formula is C13H19N3O. The first-order chi connectivity index (χ1) is 8.22. The first-order valence-electron chi connectivity index (χ1n) is 6.43. The maximum absolute atomic E-state index is 5.10. The molecule has 1 saturated carbocycles. The first-order valence-corrected chi connectivity index (χ1v) is 6.43. The van der Waals surface area contributed by atoms with Crippen molar-refractivity contribution in [3.05, 3.63) is 23.9 Å². The minimum Gasteiger partial charge on any atom is -0.338 e. The molecule has 0 radical (unpaired) electrons. The van der Waals surface area contributed by atoms with E-state index < -0.39 is 0 Å². The van der Waals surface area contributed by atoms with Crippen LogP contribution in [-0.2, 0) is 6.54 Å². The third kappa shape index (κ3) is 2.14. The van der Waals surface area contributed by atoms with Crippen LogP contribution in [-0.4, -0.2) is 16.2 Å². The maximum atomic E-state index is 5.10. The number of nitrogens with one attached hydrogen (secondary N) is 1. The molecule has 1 N–H and O–H groups in total. The van der Waals surface area contributed by atoms with E-state index in [1.807, 2.05) is 6.92 Å². The molecule has 1 heterocycles. The lowest BCUT2D eigenvalue weighted by Crippen LogP contribution is -2.35. The number of fused-ring (bicyclic) bond motifs is 2. The van der Waals surface area contributed by atoms with Crippen LogP contribution in [0.5, 0.6) is 0 Å². The van der Waals surface area contributed by atoms with Gasteiger partial charge in [0.15, 0.2) is 5.82 Å². The van der Waals surface area contributed by atoms with Crippen molar-refractivity contribution >= 4 is 0 Å². The Labute approximate surface area is 101 Å². The van der Waals surface area contributed by atoms with E-state index >= 15 is 0 Å². The first kappa shape index (κ1) is 11.0. The molecule has 0 saturated heterocycles. The van der Waals surface area contributed by atoms with Crippen LogP contribution in [0.15, 0.2) is 16.7 Å². The lowest BCUT2D eigenvalue weighted by atomic mass is 9.87. The normalized spacial score (nSPS) is 32.2. The second kappa shape index (κ2) is 4.26. The Bertz CT molecular complexity index is 426. The summed E-state index contributed by atoms with van der Waals surface area (Å²) >= 11 is 0. The molecule has 17 heavy (non-hydrogen) atoms. The van der Waals surface area contributed by atoms with Crippen molar-refractivity contribution in [2.75, 3.05) is 0 Å². The Morgan fingerprint density at radius 2 is 2.35 bits per heavy atom. The van der Waals surface area contributed by atoms with E-state index in [1.54, 1.807) is 0 Å². The van der Waals surface area contributed by atoms with E-state index in [2.05, 4.69) is 34.5 Å². The van der Waals surface area contributed by atoms with E-state index in [0.717, 1.165) is 17.8 Å². The van der Waals surface area contributed by atoms with Crippen LogP contribution < -0.4 is 5.32 Å². The van der Waals surface area contributed by atoms with Gasteiger partial charge in [-0.25, -0.2) is 0 Å². The Hall–Kier alpha value is -1.16. The summed E-state index contributed by atoms with van der Waals surface area (Å²) in [5.41, 5.74) is 0. The standard InChI is InChI=1S/C13H19N3O/c1-8(12-6-10-3-4-11(12)5-10)14-7-13-15-9(2)16-17-13/h3-4,8,10-12,14H,5-7H2,1-2H3. The summed E-state index contributed by atoms with van der Waals surface area (Å²) in [6.07, 6.45) is 7.47. The molecule has 4 atom stereocenters. The number of nitrogens with zero attached hydrogens (tertiary/aromatic N) is 2. The number of aromatic nitrogens is 2. The average molecular weight is 233 g/mol. The highest BCUT2D eigenvalue weighted by atomic mass is 16.5. The van der Waals surface area contributed by atoms with E-state index in [9.17, 15) is 0 Å². The Morgan fingerprint density at radius 3 is 2.94 bits per heavy atom. The predicted molar refractivity (Wildman–Crippen MR) is 64.2 cm³/mol. The van der Waals surface area contributed by atoms with Crippen LogP contribution in [0, 0.1) is 24.7 Å². The summed E-state index contributed by atoms with van der Waals surface area (Å²) in [4.78, 5) is 4.20. The van der Waals surface area contributed by atoms with Crippen molar-refractivity contribution in [2.24, 2.45) is 17.8 Å². The predicted octanol–water partition coefficient (Wildman–Crippen LogP) is 2.07. The van der Waals surface area contributed by atoms with Gasteiger partial charge in [0.1, 0.15) is 0 Å². The van der Waals surface area contributed by atoms with Gasteiger partial charge in [-0.3, -0.25) is 0 Å². The van der Waals surface area contributed by atoms with Gasteiger partial charge in [0, 0.05) is 6.04 Å². The monoisotopic (exact) mass is 233 g/mol.